The van der Waals surface area contributed by atoms with Gasteiger partial charge in [-0.25, -0.2) is 0 Å². The number of rotatable bonds is 10. The maximum Gasteiger partial charge on any atom is 0.140 e. The van der Waals surface area contributed by atoms with Gasteiger partial charge >= 0.3 is 0 Å². The van der Waals surface area contributed by atoms with Crippen LogP contribution in [0.1, 0.15) is 76.1 Å². The second kappa shape index (κ2) is 15.7. The van der Waals surface area contributed by atoms with Gasteiger partial charge in [0.15, 0.2) is 0 Å². The lowest BCUT2D eigenvalue weighted by atomic mass is 9.76. The Labute approximate surface area is 217 Å². The van der Waals surface area contributed by atoms with Crippen LogP contribution in [0.5, 0.6) is 11.5 Å². The summed E-state index contributed by atoms with van der Waals surface area (Å²) < 4.78 is 11.8. The van der Waals surface area contributed by atoms with E-state index in [4.69, 9.17) is 26.8 Å². The van der Waals surface area contributed by atoms with Crippen LogP contribution in [0.15, 0.2) is 36.4 Å². The average molecular weight is 502 g/mol. The summed E-state index contributed by atoms with van der Waals surface area (Å²) in [5, 5.41) is 9.77. The van der Waals surface area contributed by atoms with Gasteiger partial charge in [-0.2, -0.15) is 5.26 Å². The van der Waals surface area contributed by atoms with Crippen molar-refractivity contribution < 1.29 is 9.47 Å². The summed E-state index contributed by atoms with van der Waals surface area (Å²) in [7, 11) is 1.50. The molecule has 1 aliphatic carbocycles. The molecule has 4 N–H and O–H groups in total. The molecule has 1 saturated carbocycles. The van der Waals surface area contributed by atoms with Gasteiger partial charge < -0.3 is 20.9 Å². The van der Waals surface area contributed by atoms with Gasteiger partial charge in [-0.05, 0) is 67.1 Å². The molecular weight excluding hydrogens is 458 g/mol. The van der Waals surface area contributed by atoms with Crippen molar-refractivity contribution in [1.82, 2.24) is 0 Å². The van der Waals surface area contributed by atoms with E-state index in [2.05, 4.69) is 50.8 Å². The topological polar surface area (TPSA) is 94.3 Å². The second-order valence-corrected chi connectivity index (χ2v) is 9.35. The second-order valence-electron chi connectivity index (χ2n) is 8.97. The Balaban J connectivity index is 0.00000145. The summed E-state index contributed by atoms with van der Waals surface area (Å²) in [4.78, 5) is 0. The first kappa shape index (κ1) is 30.8. The molecule has 35 heavy (non-hydrogen) atoms. The van der Waals surface area contributed by atoms with Crippen LogP contribution >= 0.6 is 11.6 Å². The van der Waals surface area contributed by atoms with Gasteiger partial charge in [0, 0.05) is 11.5 Å². The molecule has 0 aromatic heterocycles. The molecular formula is C29H44ClN3O2. The highest BCUT2D eigenvalue weighted by Crippen LogP contribution is 2.37. The first-order chi connectivity index (χ1) is 16.9. The highest BCUT2D eigenvalue weighted by Gasteiger charge is 2.27. The van der Waals surface area contributed by atoms with Gasteiger partial charge in [-0.15, -0.1) is 11.6 Å². The molecule has 6 heteroatoms. The summed E-state index contributed by atoms with van der Waals surface area (Å²) >= 11 is 5.81. The van der Waals surface area contributed by atoms with Crippen LogP contribution in [0.3, 0.4) is 0 Å². The van der Waals surface area contributed by atoms with Gasteiger partial charge in [0.2, 0.25) is 0 Å². The Bertz CT molecular complexity index is 917. The number of halogens is 1. The first-order valence-corrected chi connectivity index (χ1v) is 13.2. The van der Waals surface area contributed by atoms with Gasteiger partial charge in [0.1, 0.15) is 24.2 Å². The summed E-state index contributed by atoms with van der Waals surface area (Å²) in [6.45, 7) is 11.6. The van der Waals surface area contributed by atoms with Crippen molar-refractivity contribution in [1.29, 1.82) is 5.26 Å². The Morgan fingerprint density at radius 2 is 1.69 bits per heavy atom. The van der Waals surface area contributed by atoms with Crippen molar-refractivity contribution in [3.63, 3.8) is 0 Å². The molecule has 3 rings (SSSR count). The smallest absolute Gasteiger partial charge is 0.140 e. The third kappa shape index (κ3) is 8.42. The number of nitriles is 1. The number of nitrogens with two attached hydrogens (primary N) is 2. The van der Waals surface area contributed by atoms with E-state index in [1.807, 2.05) is 32.0 Å². The molecule has 2 aromatic rings. The minimum atomic E-state index is -0.265. The zero-order valence-corrected chi connectivity index (χ0v) is 23.1. The average Bonchev–Trinajstić information content (AvgIpc) is 2.87. The first-order valence-electron chi connectivity index (χ1n) is 12.7. The highest BCUT2D eigenvalue weighted by atomic mass is 35.5. The van der Waals surface area contributed by atoms with E-state index < -0.39 is 0 Å². The molecule has 1 fully saturated rings. The predicted octanol–water partition coefficient (Wildman–Crippen LogP) is 6.17. The maximum atomic E-state index is 9.77. The Morgan fingerprint density at radius 3 is 2.20 bits per heavy atom. The lowest BCUT2D eigenvalue weighted by Gasteiger charge is -2.32. The molecule has 0 spiro atoms. The van der Waals surface area contributed by atoms with E-state index in [1.165, 1.54) is 12.6 Å². The molecule has 0 saturated heterocycles. The zero-order chi connectivity index (χ0) is 26.4. The fourth-order valence-corrected chi connectivity index (χ4v) is 4.25. The summed E-state index contributed by atoms with van der Waals surface area (Å²) in [5.41, 5.74) is 14.0. The van der Waals surface area contributed by atoms with Crippen molar-refractivity contribution >= 4 is 11.6 Å². The van der Waals surface area contributed by atoms with Crippen LogP contribution in [0, 0.1) is 17.2 Å². The molecule has 0 atom stereocenters. The molecule has 2 aromatic carbocycles. The third-order valence-electron chi connectivity index (χ3n) is 6.18. The Hall–Kier alpha value is -2.26. The maximum absolute atomic E-state index is 9.77. The van der Waals surface area contributed by atoms with Crippen LogP contribution in [-0.2, 0) is 11.8 Å². The molecule has 0 aliphatic heterocycles. The van der Waals surface area contributed by atoms with E-state index in [9.17, 15) is 5.26 Å². The largest absolute Gasteiger partial charge is 0.493 e. The van der Waals surface area contributed by atoms with E-state index in [0.717, 1.165) is 49.2 Å². The minimum absolute atomic E-state index is 0.265. The standard InChI is InChI=1S/C26H33ClN2O2.C2H6.CH5N/c1-4-5-19-14-22(15-20(16-28)25(19)30-11-10-27)26(2,3)21-6-8-24(9-7-21)31-17-18-12-23(29)13-18;2*1-2/h6-9,14-15,18,23H,4-5,10-13,17,29H2,1-3H3;1-2H3;2H2,1H3. The van der Waals surface area contributed by atoms with Crippen molar-refractivity contribution in [3.05, 3.63) is 58.7 Å². The fraction of sp³-hybridized carbons (Fsp3) is 0.552. The highest BCUT2D eigenvalue weighted by molar-refractivity contribution is 6.18. The number of aryl methyl sites for hydroxylation is 1. The van der Waals surface area contributed by atoms with Crippen LogP contribution in [0.4, 0.5) is 0 Å². The number of nitrogens with zero attached hydrogens (tertiary/aromatic N) is 1. The van der Waals surface area contributed by atoms with Crippen molar-refractivity contribution in [2.75, 3.05) is 26.1 Å². The molecule has 0 unspecified atom stereocenters. The monoisotopic (exact) mass is 501 g/mol. The number of benzene rings is 2. The zero-order valence-electron chi connectivity index (χ0n) is 22.4. The van der Waals surface area contributed by atoms with Crippen LogP contribution in [0.25, 0.3) is 0 Å². The van der Waals surface area contributed by atoms with E-state index in [-0.39, 0.29) is 5.41 Å². The lowest BCUT2D eigenvalue weighted by molar-refractivity contribution is 0.160. The SMILES string of the molecule is CC.CCCc1cc(C(C)(C)c2ccc(OCC3CC(N)C3)cc2)cc(C#N)c1OCCCl.CN. The number of ether oxygens (including phenoxy) is 2. The van der Waals surface area contributed by atoms with Crippen molar-refractivity contribution in [2.24, 2.45) is 17.4 Å². The van der Waals surface area contributed by atoms with Gasteiger partial charge in [0.05, 0.1) is 18.1 Å². The van der Waals surface area contributed by atoms with Gasteiger partial charge in [-0.1, -0.05) is 59.2 Å². The lowest BCUT2D eigenvalue weighted by Crippen LogP contribution is -2.39. The van der Waals surface area contributed by atoms with Crippen LogP contribution in [-0.4, -0.2) is 32.2 Å². The molecule has 1 aliphatic rings. The van der Waals surface area contributed by atoms with Gasteiger partial charge in [0.25, 0.3) is 0 Å². The number of hydrogen-bond acceptors (Lipinski definition) is 5. The van der Waals surface area contributed by atoms with Crippen molar-refractivity contribution in [2.45, 2.75) is 71.8 Å². The minimum Gasteiger partial charge on any atom is -0.493 e. The Morgan fingerprint density at radius 1 is 1.06 bits per heavy atom. The van der Waals surface area contributed by atoms with Gasteiger partial charge in [-0.3, -0.25) is 0 Å². The third-order valence-corrected chi connectivity index (χ3v) is 6.34. The fourth-order valence-electron chi connectivity index (χ4n) is 4.17. The van der Waals surface area contributed by atoms with E-state index in [1.54, 1.807) is 0 Å². The molecule has 5 nitrogen and oxygen atoms in total. The predicted molar refractivity (Wildman–Crippen MR) is 148 cm³/mol. The summed E-state index contributed by atoms with van der Waals surface area (Å²) in [5.74, 6) is 2.52. The quantitative estimate of drug-likeness (QED) is 0.379. The molecule has 194 valence electrons. The van der Waals surface area contributed by atoms with Crippen LogP contribution in [0.2, 0.25) is 0 Å². The van der Waals surface area contributed by atoms with Crippen LogP contribution < -0.4 is 20.9 Å². The number of alkyl halides is 1. The van der Waals surface area contributed by atoms with Crippen molar-refractivity contribution in [3.8, 4) is 17.6 Å². The molecule has 0 amide bonds. The van der Waals surface area contributed by atoms with E-state index >= 15 is 0 Å². The normalized spacial score (nSPS) is 16.5. The summed E-state index contributed by atoms with van der Waals surface area (Å²) in [6.07, 6.45) is 3.94. The Kier molecular flexibility index (Phi) is 13.8. The number of hydrogen-bond donors (Lipinski definition) is 2. The van der Waals surface area contributed by atoms with E-state index in [0.29, 0.717) is 35.8 Å². The molecule has 0 bridgehead atoms. The summed E-state index contributed by atoms with van der Waals surface area (Å²) in [6, 6.07) is 15.1. The molecule has 0 radical (unpaired) electrons. The molecule has 0 heterocycles.